The highest BCUT2D eigenvalue weighted by molar-refractivity contribution is 5.96. The molecule has 0 spiro atoms. The van der Waals surface area contributed by atoms with Crippen LogP contribution in [0, 0.1) is 11.7 Å². The van der Waals surface area contributed by atoms with E-state index in [-0.39, 0.29) is 17.3 Å². The fourth-order valence-corrected chi connectivity index (χ4v) is 2.55. The third-order valence-corrected chi connectivity index (χ3v) is 4.28. The van der Waals surface area contributed by atoms with Crippen LogP contribution >= 0.6 is 0 Å². The highest BCUT2D eigenvalue weighted by atomic mass is 19.1. The molecule has 1 rings (SSSR count). The van der Waals surface area contributed by atoms with Gasteiger partial charge in [-0.3, -0.25) is 4.79 Å². The maximum atomic E-state index is 14.3. The molecule has 1 atom stereocenters. The first-order chi connectivity index (χ1) is 11.2. The summed E-state index contributed by atoms with van der Waals surface area (Å²) >= 11 is 0. The van der Waals surface area contributed by atoms with E-state index in [2.05, 4.69) is 12.2 Å². The van der Waals surface area contributed by atoms with Gasteiger partial charge in [-0.05, 0) is 38.0 Å². The van der Waals surface area contributed by atoms with Crippen molar-refractivity contribution in [3.8, 4) is 0 Å². The largest absolute Gasteiger partial charge is 0.480 e. The van der Waals surface area contributed by atoms with Crippen LogP contribution < -0.4 is 5.32 Å². The molecule has 0 radical (unpaired) electrons. The van der Waals surface area contributed by atoms with Crippen LogP contribution in [0.4, 0.5) is 10.1 Å². The highest BCUT2D eigenvalue weighted by Crippen LogP contribution is 2.23. The summed E-state index contributed by atoms with van der Waals surface area (Å²) in [6.07, 6.45) is 4.38. The van der Waals surface area contributed by atoms with Crippen molar-refractivity contribution >= 4 is 17.4 Å². The number of halogens is 1. The van der Waals surface area contributed by atoms with E-state index in [0.29, 0.717) is 12.1 Å². The Morgan fingerprint density at radius 3 is 2.46 bits per heavy atom. The molecule has 134 valence electrons. The van der Waals surface area contributed by atoms with Gasteiger partial charge < -0.3 is 10.4 Å². The SMILES string of the molecule is CCCCC(CC)CC(=O)c1ccc(NC(C)(C)C(=O)O)cc1F. The van der Waals surface area contributed by atoms with Gasteiger partial charge in [-0.15, -0.1) is 0 Å². The molecule has 0 aliphatic carbocycles. The Kier molecular flexibility index (Phi) is 7.39. The van der Waals surface area contributed by atoms with Crippen molar-refractivity contribution in [2.45, 2.75) is 65.3 Å². The number of Topliss-reactive ketones (excluding diaryl/α,β-unsaturated/α-hetero) is 1. The molecule has 0 heterocycles. The lowest BCUT2D eigenvalue weighted by Crippen LogP contribution is -2.39. The molecule has 0 aliphatic rings. The van der Waals surface area contributed by atoms with E-state index in [1.165, 1.54) is 26.0 Å². The van der Waals surface area contributed by atoms with Gasteiger partial charge in [0, 0.05) is 12.1 Å². The van der Waals surface area contributed by atoms with Gasteiger partial charge in [0.1, 0.15) is 11.4 Å². The molecule has 0 fully saturated rings. The van der Waals surface area contributed by atoms with Crippen molar-refractivity contribution in [3.63, 3.8) is 0 Å². The second-order valence-electron chi connectivity index (χ2n) is 6.79. The third kappa shape index (κ3) is 5.62. The standard InChI is InChI=1S/C19H28FNO3/c1-5-7-8-13(6-2)11-17(22)15-10-9-14(12-16(15)20)21-19(3,4)18(23)24/h9-10,12-13,21H,5-8,11H2,1-4H3,(H,23,24). The summed E-state index contributed by atoms with van der Waals surface area (Å²) < 4.78 is 14.3. The average Bonchev–Trinajstić information content (AvgIpc) is 2.50. The predicted molar refractivity (Wildman–Crippen MR) is 94.0 cm³/mol. The Morgan fingerprint density at radius 1 is 1.29 bits per heavy atom. The van der Waals surface area contributed by atoms with Gasteiger partial charge in [0.05, 0.1) is 5.56 Å². The number of ketones is 1. The Balaban J connectivity index is 2.83. The topological polar surface area (TPSA) is 66.4 Å². The smallest absolute Gasteiger partial charge is 0.328 e. The van der Waals surface area contributed by atoms with Crippen LogP contribution in [0.5, 0.6) is 0 Å². The summed E-state index contributed by atoms with van der Waals surface area (Å²) in [6, 6.07) is 4.17. The van der Waals surface area contributed by atoms with E-state index < -0.39 is 17.3 Å². The number of anilines is 1. The summed E-state index contributed by atoms with van der Waals surface area (Å²) in [5.41, 5.74) is -0.802. The number of unbranched alkanes of at least 4 members (excludes halogenated alkanes) is 1. The summed E-state index contributed by atoms with van der Waals surface area (Å²) in [5.74, 6) is -1.57. The Morgan fingerprint density at radius 2 is 1.96 bits per heavy atom. The molecule has 0 amide bonds. The zero-order valence-corrected chi connectivity index (χ0v) is 15.0. The summed E-state index contributed by atoms with van der Waals surface area (Å²) in [5, 5.41) is 11.9. The number of hydrogen-bond donors (Lipinski definition) is 2. The van der Waals surface area contributed by atoms with Crippen LogP contribution in [0.2, 0.25) is 0 Å². The number of carboxylic acid groups (broad SMARTS) is 1. The van der Waals surface area contributed by atoms with E-state index in [9.17, 15) is 14.0 Å². The van der Waals surface area contributed by atoms with E-state index >= 15 is 0 Å². The maximum Gasteiger partial charge on any atom is 0.328 e. The molecule has 0 saturated carbocycles. The number of aliphatic carboxylic acids is 1. The van der Waals surface area contributed by atoms with Gasteiger partial charge in [-0.2, -0.15) is 0 Å². The molecule has 1 aromatic carbocycles. The molecule has 0 saturated heterocycles. The number of carboxylic acids is 1. The van der Waals surface area contributed by atoms with Crippen LogP contribution in [0.25, 0.3) is 0 Å². The Hall–Kier alpha value is -1.91. The number of nitrogens with one attached hydrogen (secondary N) is 1. The van der Waals surface area contributed by atoms with Crippen LogP contribution in [0.15, 0.2) is 18.2 Å². The molecule has 5 heteroatoms. The second-order valence-corrected chi connectivity index (χ2v) is 6.79. The number of benzene rings is 1. The van der Waals surface area contributed by atoms with Crippen molar-refractivity contribution in [2.75, 3.05) is 5.32 Å². The minimum Gasteiger partial charge on any atom is -0.480 e. The van der Waals surface area contributed by atoms with Crippen molar-refractivity contribution in [2.24, 2.45) is 5.92 Å². The van der Waals surface area contributed by atoms with E-state index in [0.717, 1.165) is 25.7 Å². The third-order valence-electron chi connectivity index (χ3n) is 4.28. The molecule has 0 aromatic heterocycles. The number of hydrogen-bond acceptors (Lipinski definition) is 3. The monoisotopic (exact) mass is 337 g/mol. The molecule has 24 heavy (non-hydrogen) atoms. The zero-order valence-electron chi connectivity index (χ0n) is 15.0. The maximum absolute atomic E-state index is 14.3. The highest BCUT2D eigenvalue weighted by Gasteiger charge is 2.27. The van der Waals surface area contributed by atoms with E-state index in [1.807, 2.05) is 6.92 Å². The van der Waals surface area contributed by atoms with Crippen LogP contribution in [0.3, 0.4) is 0 Å². The fourth-order valence-electron chi connectivity index (χ4n) is 2.55. The van der Waals surface area contributed by atoms with E-state index in [4.69, 9.17) is 5.11 Å². The van der Waals surface area contributed by atoms with Crippen molar-refractivity contribution < 1.29 is 19.1 Å². The molecule has 0 aliphatic heterocycles. The summed E-state index contributed by atoms with van der Waals surface area (Å²) in [7, 11) is 0. The lowest BCUT2D eigenvalue weighted by atomic mass is 9.91. The predicted octanol–water partition coefficient (Wildman–Crippen LogP) is 4.89. The van der Waals surface area contributed by atoms with Crippen molar-refractivity contribution in [1.82, 2.24) is 0 Å². The van der Waals surface area contributed by atoms with Gasteiger partial charge in [-0.25, -0.2) is 9.18 Å². The van der Waals surface area contributed by atoms with Gasteiger partial charge in [-0.1, -0.05) is 39.5 Å². The molecule has 1 unspecified atom stereocenters. The van der Waals surface area contributed by atoms with Gasteiger partial charge in [0.25, 0.3) is 0 Å². The molecular weight excluding hydrogens is 309 g/mol. The Bertz CT molecular complexity index is 584. The molecular formula is C19H28FNO3. The van der Waals surface area contributed by atoms with E-state index in [1.54, 1.807) is 6.07 Å². The first-order valence-electron chi connectivity index (χ1n) is 8.55. The van der Waals surface area contributed by atoms with Gasteiger partial charge in [0.15, 0.2) is 5.78 Å². The normalized spacial score (nSPS) is 12.7. The first kappa shape index (κ1) is 20.1. The molecule has 1 aromatic rings. The van der Waals surface area contributed by atoms with Gasteiger partial charge in [0.2, 0.25) is 0 Å². The van der Waals surface area contributed by atoms with Crippen LogP contribution in [0.1, 0.15) is 70.2 Å². The van der Waals surface area contributed by atoms with Crippen molar-refractivity contribution in [3.05, 3.63) is 29.6 Å². The molecule has 0 bridgehead atoms. The van der Waals surface area contributed by atoms with Crippen LogP contribution in [-0.4, -0.2) is 22.4 Å². The molecule has 4 nitrogen and oxygen atoms in total. The average molecular weight is 337 g/mol. The van der Waals surface area contributed by atoms with Gasteiger partial charge >= 0.3 is 5.97 Å². The number of carbonyl (C=O) groups is 2. The lowest BCUT2D eigenvalue weighted by molar-refractivity contribution is -0.141. The molecule has 2 N–H and O–H groups in total. The lowest BCUT2D eigenvalue weighted by Gasteiger charge is -2.22. The quantitative estimate of drug-likeness (QED) is 0.597. The zero-order chi connectivity index (χ0) is 18.3. The van der Waals surface area contributed by atoms with Crippen molar-refractivity contribution in [1.29, 1.82) is 0 Å². The second kappa shape index (κ2) is 8.81. The minimum atomic E-state index is -1.22. The number of rotatable bonds is 10. The fraction of sp³-hybridized carbons (Fsp3) is 0.579. The minimum absolute atomic E-state index is 0.0728. The summed E-state index contributed by atoms with van der Waals surface area (Å²) in [6.45, 7) is 7.14. The summed E-state index contributed by atoms with van der Waals surface area (Å²) in [4.78, 5) is 23.5. The van der Waals surface area contributed by atoms with Crippen LogP contribution in [-0.2, 0) is 4.79 Å². The Labute approximate surface area is 143 Å². The first-order valence-corrected chi connectivity index (χ1v) is 8.55. The number of carbonyl (C=O) groups excluding carboxylic acids is 1.